The summed E-state index contributed by atoms with van der Waals surface area (Å²) in [6.45, 7) is 0. The predicted octanol–water partition coefficient (Wildman–Crippen LogP) is 3.74. The Morgan fingerprint density at radius 3 is 2.36 bits per heavy atom. The van der Waals surface area contributed by atoms with Crippen molar-refractivity contribution in [1.82, 2.24) is 0 Å². The lowest BCUT2D eigenvalue weighted by molar-refractivity contribution is 0.514. The predicted molar refractivity (Wildman–Crippen MR) is 61.7 cm³/mol. The van der Waals surface area contributed by atoms with Crippen LogP contribution in [-0.4, -0.2) is 16.5 Å². The summed E-state index contributed by atoms with van der Waals surface area (Å²) in [4.78, 5) is 10.4. The number of thioether (sulfide) groups is 1. The number of nitrogens with zero attached hydrogens (tertiary/aromatic N) is 1. The average molecular weight is 213 g/mol. The summed E-state index contributed by atoms with van der Waals surface area (Å²) in [5, 5.41) is 4.79. The molecule has 0 radical (unpaired) electrons. The zero-order valence-electron chi connectivity index (χ0n) is 8.65. The fraction of sp³-hybridized carbons (Fsp3) is 1.00. The third kappa shape index (κ3) is 2.72. The van der Waals surface area contributed by atoms with Gasteiger partial charge in [-0.3, -0.25) is 0 Å². The highest BCUT2D eigenvalue weighted by Gasteiger charge is 2.28. The lowest BCUT2D eigenvalue weighted by atomic mass is 10.0. The van der Waals surface area contributed by atoms with Crippen molar-refractivity contribution in [3.63, 3.8) is 0 Å². The van der Waals surface area contributed by atoms with E-state index in [-0.39, 0.29) is 6.04 Å². The molecule has 0 bridgehead atoms. The summed E-state index contributed by atoms with van der Waals surface area (Å²) in [5.74, 6) is 0. The first-order valence-corrected chi connectivity index (χ1v) is 6.80. The van der Waals surface area contributed by atoms with E-state index < -0.39 is 0 Å². The molecule has 2 fully saturated rings. The minimum atomic E-state index is 0.135. The Morgan fingerprint density at radius 2 is 1.71 bits per heavy atom. The molecular formula is C11H19NOS. The Bertz CT molecular complexity index is 192. The van der Waals surface area contributed by atoms with Crippen LogP contribution in [0.1, 0.15) is 51.4 Å². The van der Waals surface area contributed by atoms with Crippen LogP contribution < -0.4 is 0 Å². The monoisotopic (exact) mass is 213 g/mol. The van der Waals surface area contributed by atoms with Crippen LogP contribution in [-0.2, 0) is 0 Å². The van der Waals surface area contributed by atoms with E-state index in [0.717, 1.165) is 23.3 Å². The molecule has 0 aromatic heterocycles. The first-order chi connectivity index (χ1) is 6.88. The lowest BCUT2D eigenvalue weighted by Crippen LogP contribution is -2.12. The van der Waals surface area contributed by atoms with E-state index in [0.29, 0.717) is 0 Å². The van der Waals surface area contributed by atoms with E-state index in [1.165, 1.54) is 38.5 Å². The highest BCUT2D eigenvalue weighted by Crippen LogP contribution is 2.38. The van der Waals surface area contributed by atoms with Crippen LogP contribution in [0.3, 0.4) is 0 Å². The fourth-order valence-electron chi connectivity index (χ4n) is 2.61. The van der Waals surface area contributed by atoms with Gasteiger partial charge in [-0.1, -0.05) is 24.4 Å². The van der Waals surface area contributed by atoms with Crippen LogP contribution >= 0.6 is 11.8 Å². The molecule has 0 spiro atoms. The van der Waals surface area contributed by atoms with Gasteiger partial charge in [0.2, 0.25) is 0 Å². The fourth-order valence-corrected chi connectivity index (χ4v) is 4.37. The molecule has 2 rings (SSSR count). The van der Waals surface area contributed by atoms with Gasteiger partial charge in [-0.15, -0.1) is 0 Å². The van der Waals surface area contributed by atoms with Crippen molar-refractivity contribution in [1.29, 1.82) is 0 Å². The molecule has 3 heteroatoms. The van der Waals surface area contributed by atoms with E-state index >= 15 is 0 Å². The van der Waals surface area contributed by atoms with Crippen LogP contribution in [0.15, 0.2) is 5.18 Å². The quantitative estimate of drug-likeness (QED) is 0.668. The van der Waals surface area contributed by atoms with Crippen molar-refractivity contribution in [3.05, 3.63) is 4.91 Å². The van der Waals surface area contributed by atoms with E-state index in [1.807, 2.05) is 0 Å². The van der Waals surface area contributed by atoms with E-state index in [9.17, 15) is 4.91 Å². The van der Waals surface area contributed by atoms with Crippen molar-refractivity contribution in [3.8, 4) is 0 Å². The Labute approximate surface area is 90.2 Å². The maximum atomic E-state index is 10.4. The molecule has 0 N–H and O–H groups in total. The van der Waals surface area contributed by atoms with Gasteiger partial charge in [0.15, 0.2) is 0 Å². The summed E-state index contributed by atoms with van der Waals surface area (Å²) in [6, 6.07) is 0.135. The molecule has 2 aliphatic carbocycles. The van der Waals surface area contributed by atoms with Gasteiger partial charge in [-0.25, -0.2) is 0 Å². The third-order valence-electron chi connectivity index (χ3n) is 3.44. The van der Waals surface area contributed by atoms with Crippen molar-refractivity contribution < 1.29 is 0 Å². The number of nitroso groups, excluding NO2 is 1. The largest absolute Gasteiger partial charge is 0.155 e. The zero-order chi connectivity index (χ0) is 9.80. The molecule has 2 aliphatic rings. The summed E-state index contributed by atoms with van der Waals surface area (Å²) in [6.07, 6.45) is 10.4. The van der Waals surface area contributed by atoms with Crippen LogP contribution in [0.2, 0.25) is 0 Å². The smallest absolute Gasteiger partial charge is 0.0930 e. The molecule has 2 nitrogen and oxygen atoms in total. The first-order valence-electron chi connectivity index (χ1n) is 5.86. The van der Waals surface area contributed by atoms with Gasteiger partial charge < -0.3 is 0 Å². The minimum Gasteiger partial charge on any atom is -0.155 e. The van der Waals surface area contributed by atoms with E-state index in [1.54, 1.807) is 0 Å². The molecule has 0 saturated heterocycles. The van der Waals surface area contributed by atoms with Crippen LogP contribution in [0.25, 0.3) is 0 Å². The van der Waals surface area contributed by atoms with E-state index in [4.69, 9.17) is 0 Å². The van der Waals surface area contributed by atoms with Gasteiger partial charge in [0, 0.05) is 10.5 Å². The highest BCUT2D eigenvalue weighted by molar-refractivity contribution is 8.00. The molecular weight excluding hydrogens is 194 g/mol. The first kappa shape index (κ1) is 10.5. The van der Waals surface area contributed by atoms with Crippen molar-refractivity contribution in [2.24, 2.45) is 5.18 Å². The van der Waals surface area contributed by atoms with Crippen molar-refractivity contribution in [2.45, 2.75) is 67.9 Å². The summed E-state index contributed by atoms with van der Waals surface area (Å²) >= 11 is 2.15. The van der Waals surface area contributed by atoms with Crippen molar-refractivity contribution in [2.75, 3.05) is 0 Å². The maximum Gasteiger partial charge on any atom is 0.0930 e. The Morgan fingerprint density at radius 1 is 0.929 bits per heavy atom. The van der Waals surface area contributed by atoms with Crippen molar-refractivity contribution >= 4 is 11.8 Å². The van der Waals surface area contributed by atoms with Gasteiger partial charge in [0.25, 0.3) is 0 Å². The summed E-state index contributed by atoms with van der Waals surface area (Å²) in [7, 11) is 0. The summed E-state index contributed by atoms with van der Waals surface area (Å²) < 4.78 is 0. The van der Waals surface area contributed by atoms with Crippen LogP contribution in [0.4, 0.5) is 0 Å². The molecule has 14 heavy (non-hydrogen) atoms. The molecule has 2 unspecified atom stereocenters. The molecule has 2 atom stereocenters. The standard InChI is InChI=1S/C11H19NOS/c13-12-9-6-7-11(8-9)14-10-4-2-1-3-5-10/h9-11H,1-8H2. The molecule has 2 saturated carbocycles. The Hall–Kier alpha value is -0.0500. The molecule has 0 aliphatic heterocycles. The normalized spacial score (nSPS) is 34.6. The second-order valence-electron chi connectivity index (χ2n) is 4.59. The van der Waals surface area contributed by atoms with E-state index in [2.05, 4.69) is 16.9 Å². The molecule has 0 amide bonds. The average Bonchev–Trinajstić information content (AvgIpc) is 2.67. The third-order valence-corrected chi connectivity index (χ3v) is 5.11. The number of rotatable bonds is 3. The second kappa shape index (κ2) is 5.15. The minimum absolute atomic E-state index is 0.135. The van der Waals surface area contributed by atoms with Gasteiger partial charge >= 0.3 is 0 Å². The second-order valence-corrected chi connectivity index (χ2v) is 6.20. The molecule has 80 valence electrons. The summed E-state index contributed by atoms with van der Waals surface area (Å²) in [5.41, 5.74) is 0. The Balaban J connectivity index is 1.72. The van der Waals surface area contributed by atoms with Gasteiger partial charge in [0.1, 0.15) is 0 Å². The number of hydrogen-bond donors (Lipinski definition) is 0. The molecule has 0 aromatic carbocycles. The van der Waals surface area contributed by atoms with Crippen LogP contribution in [0, 0.1) is 4.91 Å². The van der Waals surface area contributed by atoms with Gasteiger partial charge in [0.05, 0.1) is 6.04 Å². The zero-order valence-corrected chi connectivity index (χ0v) is 9.47. The topological polar surface area (TPSA) is 29.4 Å². The maximum absolute atomic E-state index is 10.4. The lowest BCUT2D eigenvalue weighted by Gasteiger charge is -2.23. The SMILES string of the molecule is O=NC1CCC(SC2CCCCC2)C1. The molecule has 0 aromatic rings. The van der Waals surface area contributed by atoms with Gasteiger partial charge in [-0.05, 0) is 32.1 Å². The number of hydrogen-bond acceptors (Lipinski definition) is 3. The Kier molecular flexibility index (Phi) is 3.85. The highest BCUT2D eigenvalue weighted by atomic mass is 32.2. The van der Waals surface area contributed by atoms with Crippen LogP contribution in [0.5, 0.6) is 0 Å². The van der Waals surface area contributed by atoms with Gasteiger partial charge in [-0.2, -0.15) is 16.7 Å². The molecule has 0 heterocycles.